The van der Waals surface area contributed by atoms with E-state index in [0.717, 1.165) is 57.7 Å². The van der Waals surface area contributed by atoms with E-state index in [0.29, 0.717) is 6.42 Å². The maximum atomic E-state index is 12.7. The summed E-state index contributed by atoms with van der Waals surface area (Å²) >= 11 is 0. The zero-order chi connectivity index (χ0) is 21.1. The molecule has 2 aliphatic rings. The van der Waals surface area contributed by atoms with E-state index in [1.165, 1.54) is 16.7 Å². The van der Waals surface area contributed by atoms with Gasteiger partial charge in [-0.25, -0.2) is 0 Å². The van der Waals surface area contributed by atoms with E-state index >= 15 is 0 Å². The Morgan fingerprint density at radius 1 is 1.20 bits per heavy atom. The van der Waals surface area contributed by atoms with E-state index in [1.54, 1.807) is 6.20 Å². The van der Waals surface area contributed by atoms with Gasteiger partial charge in [-0.05, 0) is 61.8 Å². The van der Waals surface area contributed by atoms with Crippen LogP contribution < -0.4 is 0 Å². The average molecular weight is 408 g/mol. The van der Waals surface area contributed by atoms with Gasteiger partial charge in [-0.2, -0.15) is 0 Å². The first-order valence-corrected chi connectivity index (χ1v) is 11.1. The molecule has 1 aromatic carbocycles. The van der Waals surface area contributed by atoms with Gasteiger partial charge in [0.15, 0.2) is 0 Å². The molecule has 0 bridgehead atoms. The molecule has 2 fully saturated rings. The lowest BCUT2D eigenvalue weighted by molar-refractivity contribution is -0.134. The van der Waals surface area contributed by atoms with Crippen LogP contribution in [-0.4, -0.2) is 58.1 Å². The number of piperidine rings is 2. The van der Waals surface area contributed by atoms with Gasteiger partial charge in [-0.3, -0.25) is 14.7 Å². The molecule has 30 heavy (non-hydrogen) atoms. The van der Waals surface area contributed by atoms with Crippen LogP contribution in [-0.2, 0) is 17.8 Å². The number of benzene rings is 1. The number of hydrogen-bond donors (Lipinski definition) is 1. The first-order valence-electron chi connectivity index (χ1n) is 11.1. The second-order valence-electron chi connectivity index (χ2n) is 9.34. The number of carbonyl (C=O) groups excluding carboxylic acids is 1. The summed E-state index contributed by atoms with van der Waals surface area (Å²) in [6, 6.07) is 12.3. The van der Waals surface area contributed by atoms with Crippen LogP contribution in [0.5, 0.6) is 0 Å². The molecule has 1 aromatic heterocycles. The molecular weight excluding hydrogens is 374 g/mol. The van der Waals surface area contributed by atoms with Gasteiger partial charge in [-0.1, -0.05) is 29.8 Å². The Morgan fingerprint density at radius 3 is 2.73 bits per heavy atom. The van der Waals surface area contributed by atoms with Crippen molar-refractivity contribution >= 4 is 5.91 Å². The summed E-state index contributed by atoms with van der Waals surface area (Å²) < 4.78 is 0. The molecule has 5 heteroatoms. The van der Waals surface area contributed by atoms with Crippen molar-refractivity contribution in [1.29, 1.82) is 0 Å². The molecule has 0 saturated carbocycles. The SMILES string of the molecule is Cc1ccc(C)c(CN2CC(O)CC3(CCN(C(=O)Cc4ccccn4)CC3)C2)c1. The number of pyridine rings is 1. The number of aliphatic hydroxyl groups excluding tert-OH is 1. The van der Waals surface area contributed by atoms with Gasteiger partial charge in [0, 0.05) is 44.6 Å². The van der Waals surface area contributed by atoms with Crippen LogP contribution in [0.2, 0.25) is 0 Å². The Morgan fingerprint density at radius 2 is 2.00 bits per heavy atom. The van der Waals surface area contributed by atoms with Gasteiger partial charge in [0.2, 0.25) is 5.91 Å². The predicted octanol–water partition coefficient (Wildman–Crippen LogP) is 3.12. The van der Waals surface area contributed by atoms with Gasteiger partial charge < -0.3 is 10.0 Å². The molecule has 1 atom stereocenters. The molecule has 3 heterocycles. The quantitative estimate of drug-likeness (QED) is 0.846. The van der Waals surface area contributed by atoms with Crippen molar-refractivity contribution in [3.05, 3.63) is 65.0 Å². The normalized spacial score (nSPS) is 21.7. The summed E-state index contributed by atoms with van der Waals surface area (Å²) in [7, 11) is 0. The molecule has 0 radical (unpaired) electrons. The van der Waals surface area contributed by atoms with E-state index in [1.807, 2.05) is 23.1 Å². The number of amides is 1. The fourth-order valence-corrected chi connectivity index (χ4v) is 5.16. The molecule has 160 valence electrons. The molecule has 1 N–H and O–H groups in total. The minimum atomic E-state index is -0.292. The van der Waals surface area contributed by atoms with Crippen LogP contribution in [0.25, 0.3) is 0 Å². The van der Waals surface area contributed by atoms with E-state index in [9.17, 15) is 9.90 Å². The predicted molar refractivity (Wildman–Crippen MR) is 118 cm³/mol. The zero-order valence-corrected chi connectivity index (χ0v) is 18.2. The van der Waals surface area contributed by atoms with Crippen LogP contribution in [0.3, 0.4) is 0 Å². The Hall–Kier alpha value is -2.24. The lowest BCUT2D eigenvalue weighted by Gasteiger charge is -2.49. The first kappa shape index (κ1) is 21.0. The van der Waals surface area contributed by atoms with Gasteiger partial charge in [-0.15, -0.1) is 0 Å². The van der Waals surface area contributed by atoms with Crippen molar-refractivity contribution in [2.45, 2.75) is 52.2 Å². The smallest absolute Gasteiger partial charge is 0.228 e. The van der Waals surface area contributed by atoms with Crippen molar-refractivity contribution in [3.63, 3.8) is 0 Å². The van der Waals surface area contributed by atoms with Crippen LogP contribution in [0, 0.1) is 19.3 Å². The topological polar surface area (TPSA) is 56.7 Å². The average Bonchev–Trinajstić information content (AvgIpc) is 2.71. The fourth-order valence-electron chi connectivity index (χ4n) is 5.16. The number of β-amino-alcohol motifs (C(OH)–C–C–N with tert-alkyl or cyclic N) is 1. The summed E-state index contributed by atoms with van der Waals surface area (Å²) in [4.78, 5) is 21.4. The minimum absolute atomic E-state index is 0.108. The van der Waals surface area contributed by atoms with Gasteiger partial charge in [0.25, 0.3) is 0 Å². The summed E-state index contributed by atoms with van der Waals surface area (Å²) in [5.74, 6) is 0.159. The highest BCUT2D eigenvalue weighted by Crippen LogP contribution is 2.40. The van der Waals surface area contributed by atoms with E-state index in [-0.39, 0.29) is 17.4 Å². The number of aliphatic hydroxyl groups is 1. The van der Waals surface area contributed by atoms with Crippen LogP contribution in [0.15, 0.2) is 42.6 Å². The van der Waals surface area contributed by atoms with Crippen LogP contribution in [0.4, 0.5) is 0 Å². The monoisotopic (exact) mass is 407 g/mol. The molecule has 5 nitrogen and oxygen atoms in total. The van der Waals surface area contributed by atoms with E-state index < -0.39 is 0 Å². The Kier molecular flexibility index (Phi) is 6.21. The molecule has 1 unspecified atom stereocenters. The van der Waals surface area contributed by atoms with Crippen molar-refractivity contribution in [1.82, 2.24) is 14.8 Å². The number of nitrogens with zero attached hydrogens (tertiary/aromatic N) is 3. The largest absolute Gasteiger partial charge is 0.392 e. The van der Waals surface area contributed by atoms with Gasteiger partial charge in [0.1, 0.15) is 0 Å². The van der Waals surface area contributed by atoms with Crippen LogP contribution >= 0.6 is 0 Å². The maximum Gasteiger partial charge on any atom is 0.228 e. The highest BCUT2D eigenvalue weighted by molar-refractivity contribution is 5.78. The number of likely N-dealkylation sites (tertiary alicyclic amines) is 2. The number of carbonyl (C=O) groups is 1. The Balaban J connectivity index is 1.37. The molecule has 4 rings (SSSR count). The van der Waals surface area contributed by atoms with Crippen molar-refractivity contribution in [2.24, 2.45) is 5.41 Å². The maximum absolute atomic E-state index is 12.7. The van der Waals surface area contributed by atoms with Crippen LogP contribution in [0.1, 0.15) is 41.6 Å². The Labute approximate surface area is 179 Å². The molecule has 1 amide bonds. The highest BCUT2D eigenvalue weighted by Gasteiger charge is 2.42. The van der Waals surface area contributed by atoms with E-state index in [4.69, 9.17) is 0 Å². The van der Waals surface area contributed by atoms with E-state index in [2.05, 4.69) is 41.9 Å². The lowest BCUT2D eigenvalue weighted by Crippen LogP contribution is -2.54. The zero-order valence-electron chi connectivity index (χ0n) is 18.2. The third-order valence-electron chi connectivity index (χ3n) is 6.83. The summed E-state index contributed by atoms with van der Waals surface area (Å²) in [5, 5.41) is 10.6. The van der Waals surface area contributed by atoms with Gasteiger partial charge >= 0.3 is 0 Å². The third kappa shape index (κ3) is 4.90. The summed E-state index contributed by atoms with van der Waals surface area (Å²) in [5.41, 5.74) is 4.88. The standard InChI is InChI=1S/C25H33N3O2/c1-19-6-7-20(2)21(13-19)16-27-17-23(29)15-25(18-27)8-11-28(12-9-25)24(30)14-22-5-3-4-10-26-22/h3-7,10,13,23,29H,8-9,11-12,14-18H2,1-2H3. The molecule has 2 saturated heterocycles. The molecule has 0 aliphatic carbocycles. The third-order valence-corrected chi connectivity index (χ3v) is 6.83. The number of aryl methyl sites for hydroxylation is 2. The molecule has 2 aromatic rings. The van der Waals surface area contributed by atoms with Crippen molar-refractivity contribution in [2.75, 3.05) is 26.2 Å². The molecule has 2 aliphatic heterocycles. The van der Waals surface area contributed by atoms with Crippen molar-refractivity contribution in [3.8, 4) is 0 Å². The summed E-state index contributed by atoms with van der Waals surface area (Å²) in [6.07, 6.45) is 4.58. The number of aromatic nitrogens is 1. The van der Waals surface area contributed by atoms with Gasteiger partial charge in [0.05, 0.1) is 12.5 Å². The fraction of sp³-hybridized carbons (Fsp3) is 0.520. The highest BCUT2D eigenvalue weighted by atomic mass is 16.3. The first-order chi connectivity index (χ1) is 14.4. The second kappa shape index (κ2) is 8.86. The Bertz CT molecular complexity index is 875. The number of hydrogen-bond acceptors (Lipinski definition) is 4. The lowest BCUT2D eigenvalue weighted by atomic mass is 9.71. The molecule has 1 spiro atoms. The minimum Gasteiger partial charge on any atom is -0.392 e. The molecular formula is C25H33N3O2. The van der Waals surface area contributed by atoms with Crippen molar-refractivity contribution < 1.29 is 9.90 Å². The summed E-state index contributed by atoms with van der Waals surface area (Å²) in [6.45, 7) is 8.46. The number of rotatable bonds is 4. The second-order valence-corrected chi connectivity index (χ2v) is 9.34.